The van der Waals surface area contributed by atoms with Crippen LogP contribution in [0.4, 0.5) is 4.39 Å². The van der Waals surface area contributed by atoms with Crippen molar-refractivity contribution in [1.82, 2.24) is 10.2 Å². The Balaban J connectivity index is 1.85. The molecule has 0 aromatic heterocycles. The van der Waals surface area contributed by atoms with Crippen molar-refractivity contribution in [3.63, 3.8) is 0 Å². The Morgan fingerprint density at radius 2 is 2.14 bits per heavy atom. The van der Waals surface area contributed by atoms with E-state index < -0.39 is 0 Å². The summed E-state index contributed by atoms with van der Waals surface area (Å²) in [6.45, 7) is 5.90. The van der Waals surface area contributed by atoms with Gasteiger partial charge in [0.25, 0.3) is 0 Å². The van der Waals surface area contributed by atoms with Gasteiger partial charge in [0.15, 0.2) is 0 Å². The number of nitrogens with two attached hydrogens (primary N) is 1. The van der Waals surface area contributed by atoms with E-state index in [2.05, 4.69) is 17.1 Å². The largest absolute Gasteiger partial charge is 0.369 e. The van der Waals surface area contributed by atoms with E-state index in [1.807, 2.05) is 12.1 Å². The van der Waals surface area contributed by atoms with Crippen molar-refractivity contribution in [3.8, 4) is 0 Å². The Morgan fingerprint density at radius 1 is 1.48 bits per heavy atom. The van der Waals surface area contributed by atoms with Gasteiger partial charge in [0.2, 0.25) is 5.91 Å². The predicted molar refractivity (Wildman–Crippen MR) is 81.3 cm³/mol. The van der Waals surface area contributed by atoms with Crippen molar-refractivity contribution in [2.75, 3.05) is 19.6 Å². The molecule has 21 heavy (non-hydrogen) atoms. The third kappa shape index (κ3) is 4.51. The van der Waals surface area contributed by atoms with Crippen molar-refractivity contribution in [1.29, 1.82) is 0 Å². The van der Waals surface area contributed by atoms with Crippen LogP contribution in [0.15, 0.2) is 18.2 Å². The summed E-state index contributed by atoms with van der Waals surface area (Å²) in [6.07, 6.45) is 1.96. The first-order valence-corrected chi connectivity index (χ1v) is 7.48. The second-order valence-corrected chi connectivity index (χ2v) is 5.91. The lowest BCUT2D eigenvalue weighted by Crippen LogP contribution is -2.45. The maximum absolute atomic E-state index is 13.6. The number of amides is 1. The first-order valence-electron chi connectivity index (χ1n) is 7.48. The molecule has 1 aliphatic heterocycles. The van der Waals surface area contributed by atoms with Gasteiger partial charge >= 0.3 is 0 Å². The summed E-state index contributed by atoms with van der Waals surface area (Å²) in [7, 11) is 0. The summed E-state index contributed by atoms with van der Waals surface area (Å²) in [4.78, 5) is 13.0. The number of aryl methyl sites for hydroxylation is 1. The fraction of sp³-hybridized carbons (Fsp3) is 0.562. The number of primary amides is 1. The Kier molecular flexibility index (Phi) is 5.31. The Hall–Kier alpha value is -1.46. The van der Waals surface area contributed by atoms with Crippen LogP contribution in [0.3, 0.4) is 0 Å². The number of benzene rings is 1. The number of nitrogens with one attached hydrogen (secondary N) is 1. The van der Waals surface area contributed by atoms with Crippen molar-refractivity contribution >= 4 is 5.91 Å². The van der Waals surface area contributed by atoms with E-state index >= 15 is 0 Å². The zero-order chi connectivity index (χ0) is 15.4. The van der Waals surface area contributed by atoms with E-state index in [0.717, 1.165) is 31.5 Å². The van der Waals surface area contributed by atoms with E-state index in [4.69, 9.17) is 5.73 Å². The predicted octanol–water partition coefficient (Wildman–Crippen LogP) is 1.73. The maximum atomic E-state index is 13.6. The van der Waals surface area contributed by atoms with Gasteiger partial charge in [-0.2, -0.15) is 0 Å². The van der Waals surface area contributed by atoms with Gasteiger partial charge in [0, 0.05) is 25.2 Å². The highest BCUT2D eigenvalue weighted by molar-refractivity contribution is 5.75. The van der Waals surface area contributed by atoms with Crippen molar-refractivity contribution in [2.45, 2.75) is 38.8 Å². The topological polar surface area (TPSA) is 58.4 Å². The lowest BCUT2D eigenvalue weighted by Gasteiger charge is -2.33. The van der Waals surface area contributed by atoms with E-state index in [1.165, 1.54) is 0 Å². The minimum atomic E-state index is -0.273. The zero-order valence-corrected chi connectivity index (χ0v) is 12.7. The number of nitrogens with zero attached hydrogens (tertiary/aromatic N) is 1. The highest BCUT2D eigenvalue weighted by Gasteiger charge is 2.21. The van der Waals surface area contributed by atoms with Gasteiger partial charge in [-0.3, -0.25) is 9.69 Å². The molecule has 0 saturated carbocycles. The van der Waals surface area contributed by atoms with Gasteiger partial charge in [-0.15, -0.1) is 0 Å². The van der Waals surface area contributed by atoms with E-state index in [1.54, 1.807) is 13.0 Å². The van der Waals surface area contributed by atoms with Crippen LogP contribution in [0.2, 0.25) is 0 Å². The molecule has 1 aliphatic rings. The molecule has 1 aromatic carbocycles. The van der Waals surface area contributed by atoms with Crippen LogP contribution >= 0.6 is 0 Å². The van der Waals surface area contributed by atoms with Gasteiger partial charge < -0.3 is 11.1 Å². The molecule has 5 heteroatoms. The Morgan fingerprint density at radius 3 is 2.71 bits per heavy atom. The van der Waals surface area contributed by atoms with Crippen molar-refractivity contribution < 1.29 is 9.18 Å². The third-order valence-electron chi connectivity index (χ3n) is 4.15. The molecule has 1 amide bonds. The molecule has 1 atom stereocenters. The van der Waals surface area contributed by atoms with Crippen LogP contribution in [-0.4, -0.2) is 36.5 Å². The highest BCUT2D eigenvalue weighted by Crippen LogP contribution is 2.19. The summed E-state index contributed by atoms with van der Waals surface area (Å²) in [5, 5.41) is 3.55. The van der Waals surface area contributed by atoms with Crippen LogP contribution in [-0.2, 0) is 4.79 Å². The molecule has 0 spiro atoms. The standard InChI is InChI=1S/C16H24FN3O/c1-11-3-4-13(9-15(11)17)12(2)19-14-5-7-20(8-6-14)10-16(18)21/h3-4,9,12,14,19H,5-8,10H2,1-2H3,(H2,18,21). The lowest BCUT2D eigenvalue weighted by atomic mass is 10.0. The maximum Gasteiger partial charge on any atom is 0.231 e. The summed E-state index contributed by atoms with van der Waals surface area (Å²) in [5.74, 6) is -0.428. The van der Waals surface area contributed by atoms with Crippen molar-refractivity contribution in [2.24, 2.45) is 5.73 Å². The molecule has 1 fully saturated rings. The first kappa shape index (κ1) is 15.9. The molecule has 2 rings (SSSR count). The average molecular weight is 293 g/mol. The van der Waals surface area contributed by atoms with Crippen LogP contribution < -0.4 is 11.1 Å². The first-order chi connectivity index (χ1) is 9.95. The molecule has 1 heterocycles. The zero-order valence-electron chi connectivity index (χ0n) is 12.7. The highest BCUT2D eigenvalue weighted by atomic mass is 19.1. The van der Waals surface area contributed by atoms with Gasteiger partial charge in [0.05, 0.1) is 6.54 Å². The minimum Gasteiger partial charge on any atom is -0.369 e. The molecule has 0 aliphatic carbocycles. The number of hydrogen-bond donors (Lipinski definition) is 2. The average Bonchev–Trinajstić information content (AvgIpc) is 2.43. The lowest BCUT2D eigenvalue weighted by molar-refractivity contribution is -0.119. The van der Waals surface area contributed by atoms with Gasteiger partial charge in [-0.25, -0.2) is 4.39 Å². The summed E-state index contributed by atoms with van der Waals surface area (Å²) < 4.78 is 13.6. The fourth-order valence-corrected chi connectivity index (χ4v) is 2.81. The molecule has 3 N–H and O–H groups in total. The van der Waals surface area contributed by atoms with E-state index in [9.17, 15) is 9.18 Å². The van der Waals surface area contributed by atoms with Crippen LogP contribution in [0.25, 0.3) is 0 Å². The van der Waals surface area contributed by atoms with Gasteiger partial charge in [-0.1, -0.05) is 12.1 Å². The number of piperidine rings is 1. The third-order valence-corrected chi connectivity index (χ3v) is 4.15. The second-order valence-electron chi connectivity index (χ2n) is 5.91. The molecule has 4 nitrogen and oxygen atoms in total. The van der Waals surface area contributed by atoms with E-state index in [-0.39, 0.29) is 17.8 Å². The normalized spacial score (nSPS) is 18.6. The number of carbonyl (C=O) groups excluding carboxylic acids is 1. The molecular formula is C16H24FN3O. The van der Waals surface area contributed by atoms with Crippen LogP contribution in [0.1, 0.15) is 36.9 Å². The Labute approximate surface area is 125 Å². The van der Waals surface area contributed by atoms with Gasteiger partial charge in [-0.05, 0) is 43.9 Å². The second kappa shape index (κ2) is 7.00. The Bertz CT molecular complexity index is 498. The molecular weight excluding hydrogens is 269 g/mol. The quantitative estimate of drug-likeness (QED) is 0.869. The minimum absolute atomic E-state index is 0.118. The van der Waals surface area contributed by atoms with Crippen LogP contribution in [0.5, 0.6) is 0 Å². The summed E-state index contributed by atoms with van der Waals surface area (Å²) >= 11 is 0. The molecule has 1 saturated heterocycles. The molecule has 116 valence electrons. The number of hydrogen-bond acceptors (Lipinski definition) is 3. The number of carbonyl (C=O) groups is 1. The van der Waals surface area contributed by atoms with Gasteiger partial charge in [0.1, 0.15) is 5.82 Å². The summed E-state index contributed by atoms with van der Waals surface area (Å²) in [5.41, 5.74) is 6.85. The monoisotopic (exact) mass is 293 g/mol. The number of likely N-dealkylation sites (tertiary alicyclic amines) is 1. The number of rotatable bonds is 5. The molecule has 1 aromatic rings. The molecule has 0 radical (unpaired) electrons. The van der Waals surface area contributed by atoms with Crippen molar-refractivity contribution in [3.05, 3.63) is 35.1 Å². The summed E-state index contributed by atoms with van der Waals surface area (Å²) in [6, 6.07) is 5.91. The number of halogens is 1. The van der Waals surface area contributed by atoms with E-state index in [0.29, 0.717) is 18.2 Å². The van der Waals surface area contributed by atoms with Crippen LogP contribution in [0, 0.1) is 12.7 Å². The fourth-order valence-electron chi connectivity index (χ4n) is 2.81. The molecule has 1 unspecified atom stereocenters. The molecule has 0 bridgehead atoms. The smallest absolute Gasteiger partial charge is 0.231 e. The SMILES string of the molecule is Cc1ccc(C(C)NC2CCN(CC(N)=O)CC2)cc1F.